The van der Waals surface area contributed by atoms with Crippen molar-refractivity contribution in [2.45, 2.75) is 52.1 Å². The molecule has 136 valence electrons. The number of carbonyl (C=O) groups is 1. The van der Waals surface area contributed by atoms with Crippen LogP contribution < -0.4 is 10.1 Å². The van der Waals surface area contributed by atoms with Crippen molar-refractivity contribution >= 4 is 11.6 Å². The van der Waals surface area contributed by atoms with Crippen LogP contribution in [0.1, 0.15) is 45.2 Å². The maximum atomic E-state index is 12.5. The third kappa shape index (κ3) is 5.35. The Balaban J connectivity index is 2.01. The zero-order chi connectivity index (χ0) is 19.2. The van der Waals surface area contributed by atoms with Gasteiger partial charge in [0, 0.05) is 5.69 Å². The predicted molar refractivity (Wildman–Crippen MR) is 104 cm³/mol. The van der Waals surface area contributed by atoms with E-state index < -0.39 is 6.10 Å². The Kier molecular flexibility index (Phi) is 6.41. The lowest BCUT2D eigenvalue weighted by Crippen LogP contribution is -2.32. The van der Waals surface area contributed by atoms with Gasteiger partial charge in [0.2, 0.25) is 0 Å². The Hall–Kier alpha value is -2.80. The first-order chi connectivity index (χ1) is 12.3. The van der Waals surface area contributed by atoms with Gasteiger partial charge < -0.3 is 10.1 Å². The highest BCUT2D eigenvalue weighted by Crippen LogP contribution is 2.25. The van der Waals surface area contributed by atoms with Crippen molar-refractivity contribution in [2.75, 3.05) is 5.32 Å². The highest BCUT2D eigenvalue weighted by molar-refractivity contribution is 5.94. The summed E-state index contributed by atoms with van der Waals surface area (Å²) < 4.78 is 5.87. The van der Waals surface area contributed by atoms with E-state index in [1.165, 1.54) is 5.56 Å². The summed E-state index contributed by atoms with van der Waals surface area (Å²) in [5.74, 6) is 0.504. The zero-order valence-corrected chi connectivity index (χ0v) is 15.9. The average molecular weight is 350 g/mol. The van der Waals surface area contributed by atoms with Gasteiger partial charge in [0.05, 0.1) is 12.5 Å². The summed E-state index contributed by atoms with van der Waals surface area (Å²) in [6.07, 6.45) is 0.369. The van der Waals surface area contributed by atoms with Gasteiger partial charge in [-0.3, -0.25) is 4.79 Å². The molecule has 0 saturated heterocycles. The van der Waals surface area contributed by atoms with E-state index in [9.17, 15) is 4.79 Å². The molecule has 0 unspecified atom stereocenters. The van der Waals surface area contributed by atoms with Crippen LogP contribution in [0.2, 0.25) is 0 Å². The summed E-state index contributed by atoms with van der Waals surface area (Å²) in [6, 6.07) is 17.3. The molecule has 0 aliphatic heterocycles. The number of hydrogen-bond donors (Lipinski definition) is 1. The highest BCUT2D eigenvalue weighted by Gasteiger charge is 2.19. The Morgan fingerprint density at radius 3 is 2.23 bits per heavy atom. The fourth-order valence-corrected chi connectivity index (χ4v) is 2.54. The molecule has 1 amide bonds. The van der Waals surface area contributed by atoms with Crippen LogP contribution in [0.3, 0.4) is 0 Å². The average Bonchev–Trinajstić information content (AvgIpc) is 2.61. The molecule has 4 nitrogen and oxygen atoms in total. The molecule has 2 rings (SSSR count). The normalized spacial score (nSPS) is 12.1. The third-order valence-electron chi connectivity index (χ3n) is 4.17. The minimum Gasteiger partial charge on any atom is -0.481 e. The van der Waals surface area contributed by atoms with Gasteiger partial charge in [0.25, 0.3) is 5.91 Å². The molecule has 0 saturated carbocycles. The number of carbonyl (C=O) groups excluding carboxylic acids is 1. The Bertz CT molecular complexity index is 766. The fourth-order valence-electron chi connectivity index (χ4n) is 2.54. The molecule has 1 N–H and O–H groups in total. The van der Waals surface area contributed by atoms with Crippen LogP contribution in [0.5, 0.6) is 5.75 Å². The molecule has 0 aliphatic rings. The minimum atomic E-state index is -0.561. The monoisotopic (exact) mass is 350 g/mol. The van der Waals surface area contributed by atoms with Crippen molar-refractivity contribution in [1.29, 1.82) is 5.26 Å². The van der Waals surface area contributed by atoms with Crippen LogP contribution in [-0.4, -0.2) is 12.0 Å². The summed E-state index contributed by atoms with van der Waals surface area (Å²) in [6.45, 7) is 8.40. The summed E-state index contributed by atoms with van der Waals surface area (Å²) in [5.41, 5.74) is 2.92. The topological polar surface area (TPSA) is 62.1 Å². The largest absolute Gasteiger partial charge is 0.481 e. The molecule has 0 bridgehead atoms. The van der Waals surface area contributed by atoms with Crippen LogP contribution in [0.25, 0.3) is 0 Å². The van der Waals surface area contributed by atoms with E-state index in [0.29, 0.717) is 24.3 Å². The number of rotatable bonds is 6. The maximum absolute atomic E-state index is 12.5. The lowest BCUT2D eigenvalue weighted by Gasteiger charge is -2.21. The summed E-state index contributed by atoms with van der Waals surface area (Å²) in [5, 5.41) is 11.6. The van der Waals surface area contributed by atoms with Crippen molar-refractivity contribution in [1.82, 2.24) is 0 Å². The smallest absolute Gasteiger partial charge is 0.265 e. The second-order valence-electron chi connectivity index (χ2n) is 7.31. The van der Waals surface area contributed by atoms with Gasteiger partial charge in [-0.1, -0.05) is 52.0 Å². The first-order valence-electron chi connectivity index (χ1n) is 8.87. The van der Waals surface area contributed by atoms with Crippen molar-refractivity contribution in [3.8, 4) is 11.8 Å². The number of ether oxygens (including phenoxy) is 1. The molecular weight excluding hydrogens is 324 g/mol. The molecule has 2 aromatic carbocycles. The predicted octanol–water partition coefficient (Wildman–Crippen LogP) is 4.85. The van der Waals surface area contributed by atoms with E-state index in [4.69, 9.17) is 10.00 Å². The molecule has 0 heterocycles. The molecule has 0 aromatic heterocycles. The number of benzene rings is 2. The van der Waals surface area contributed by atoms with E-state index in [1.807, 2.05) is 43.3 Å². The van der Waals surface area contributed by atoms with Crippen molar-refractivity contribution in [2.24, 2.45) is 0 Å². The number of nitrogens with zero attached hydrogens (tertiary/aromatic N) is 1. The fraction of sp³-hybridized carbons (Fsp3) is 0.364. The van der Waals surface area contributed by atoms with Gasteiger partial charge in [-0.25, -0.2) is 0 Å². The molecule has 26 heavy (non-hydrogen) atoms. The second kappa shape index (κ2) is 8.53. The SMILES string of the molecule is CC[C@@H](Oc1ccc(C(C)(C)C)cc1)C(=O)Nc1ccc(CC#N)cc1. The van der Waals surface area contributed by atoms with Crippen molar-refractivity contribution < 1.29 is 9.53 Å². The third-order valence-corrected chi connectivity index (χ3v) is 4.17. The van der Waals surface area contributed by atoms with Crippen LogP contribution in [0, 0.1) is 11.3 Å². The quantitative estimate of drug-likeness (QED) is 0.810. The Labute approximate surface area is 155 Å². The Morgan fingerprint density at radius 1 is 1.12 bits per heavy atom. The lowest BCUT2D eigenvalue weighted by atomic mass is 9.87. The molecule has 0 fully saturated rings. The van der Waals surface area contributed by atoms with Gasteiger partial charge in [0.15, 0.2) is 6.10 Å². The second-order valence-corrected chi connectivity index (χ2v) is 7.31. The minimum absolute atomic E-state index is 0.0811. The van der Waals surface area contributed by atoms with Crippen LogP contribution in [0.4, 0.5) is 5.69 Å². The number of hydrogen-bond acceptors (Lipinski definition) is 3. The van der Waals surface area contributed by atoms with Crippen LogP contribution >= 0.6 is 0 Å². The molecule has 2 aromatic rings. The van der Waals surface area contributed by atoms with E-state index in [2.05, 4.69) is 32.2 Å². The summed E-state index contributed by atoms with van der Waals surface area (Å²) in [4.78, 5) is 12.5. The molecule has 0 aliphatic carbocycles. The summed E-state index contributed by atoms with van der Waals surface area (Å²) in [7, 11) is 0. The standard InChI is InChI=1S/C22H26N2O2/c1-5-20(26-19-12-8-17(9-13-19)22(2,3)4)21(25)24-18-10-6-16(7-11-18)14-15-23/h6-13,20H,5,14H2,1-4H3,(H,24,25)/t20-/m1/s1. The molecular formula is C22H26N2O2. The Morgan fingerprint density at radius 2 is 1.73 bits per heavy atom. The highest BCUT2D eigenvalue weighted by atomic mass is 16.5. The van der Waals surface area contributed by atoms with Gasteiger partial charge in [0.1, 0.15) is 5.75 Å². The van der Waals surface area contributed by atoms with Crippen LogP contribution in [-0.2, 0) is 16.6 Å². The number of anilines is 1. The maximum Gasteiger partial charge on any atom is 0.265 e. The van der Waals surface area contributed by atoms with E-state index in [1.54, 1.807) is 12.1 Å². The first kappa shape index (κ1) is 19.5. The van der Waals surface area contributed by atoms with Crippen molar-refractivity contribution in [3.05, 3.63) is 59.7 Å². The summed E-state index contributed by atoms with van der Waals surface area (Å²) >= 11 is 0. The number of nitriles is 1. The van der Waals surface area contributed by atoms with Crippen molar-refractivity contribution in [3.63, 3.8) is 0 Å². The van der Waals surface area contributed by atoms with Gasteiger partial charge in [-0.05, 0) is 47.2 Å². The van der Waals surface area contributed by atoms with Crippen LogP contribution in [0.15, 0.2) is 48.5 Å². The number of amides is 1. The first-order valence-corrected chi connectivity index (χ1v) is 8.87. The molecule has 4 heteroatoms. The van der Waals surface area contributed by atoms with Gasteiger partial charge in [-0.15, -0.1) is 0 Å². The molecule has 0 radical (unpaired) electrons. The van der Waals surface area contributed by atoms with E-state index in [-0.39, 0.29) is 11.3 Å². The van der Waals surface area contributed by atoms with Gasteiger partial charge in [-0.2, -0.15) is 5.26 Å². The van der Waals surface area contributed by atoms with E-state index >= 15 is 0 Å². The number of nitrogens with one attached hydrogen (secondary N) is 1. The zero-order valence-electron chi connectivity index (χ0n) is 15.9. The van der Waals surface area contributed by atoms with E-state index in [0.717, 1.165) is 5.56 Å². The van der Waals surface area contributed by atoms with Gasteiger partial charge >= 0.3 is 0 Å². The molecule has 0 spiro atoms. The molecule has 1 atom stereocenters. The lowest BCUT2D eigenvalue weighted by molar-refractivity contribution is -0.122.